The molecule has 0 saturated heterocycles. The Hall–Kier alpha value is -1.62. The van der Waals surface area contributed by atoms with Crippen molar-refractivity contribution in [1.29, 1.82) is 0 Å². The molecule has 5 heteroatoms. The number of anilines is 2. The van der Waals surface area contributed by atoms with Gasteiger partial charge in [0.05, 0.1) is 6.04 Å². The summed E-state index contributed by atoms with van der Waals surface area (Å²) in [5.41, 5.74) is 6.65. The van der Waals surface area contributed by atoms with Gasteiger partial charge in [0, 0.05) is 15.3 Å². The Balaban J connectivity index is 2.18. The Bertz CT molecular complexity index is 521. The Kier molecular flexibility index (Phi) is 3.28. The number of aryl methyl sites for hydroxylation is 1. The first-order chi connectivity index (χ1) is 8.08. The van der Waals surface area contributed by atoms with E-state index in [1.807, 2.05) is 6.92 Å². The van der Waals surface area contributed by atoms with Gasteiger partial charge in [0.15, 0.2) is 0 Å². The van der Waals surface area contributed by atoms with Gasteiger partial charge < -0.3 is 11.1 Å². The quantitative estimate of drug-likeness (QED) is 0.876. The summed E-state index contributed by atoms with van der Waals surface area (Å²) in [5, 5.41) is 3.36. The predicted molar refractivity (Wildman–Crippen MR) is 72.3 cm³/mol. The first-order valence-corrected chi connectivity index (χ1v) is 6.29. The number of hydrogen-bond donors (Lipinski definition) is 2. The van der Waals surface area contributed by atoms with Crippen molar-refractivity contribution in [2.24, 2.45) is 0 Å². The molecule has 1 unspecified atom stereocenters. The molecule has 0 aliphatic carbocycles. The van der Waals surface area contributed by atoms with Gasteiger partial charge in [-0.25, -0.2) is 9.97 Å². The standard InChI is InChI=1S/C12H16N4S/c1-7-4-5-10(17-7)9(3)16-12-8(2)11(13)14-6-15-12/h4-6,9H,1-3H3,(H3,13,14,15,16). The van der Waals surface area contributed by atoms with E-state index in [0.717, 1.165) is 11.4 Å². The molecule has 17 heavy (non-hydrogen) atoms. The second-order valence-corrected chi connectivity index (χ2v) is 5.37. The zero-order valence-corrected chi connectivity index (χ0v) is 11.0. The number of nitrogens with zero attached hydrogens (tertiary/aromatic N) is 2. The van der Waals surface area contributed by atoms with Crippen LogP contribution in [0, 0.1) is 13.8 Å². The van der Waals surface area contributed by atoms with Crippen LogP contribution in [0.3, 0.4) is 0 Å². The third kappa shape index (κ3) is 2.55. The summed E-state index contributed by atoms with van der Waals surface area (Å²) in [7, 11) is 0. The maximum absolute atomic E-state index is 5.75. The minimum Gasteiger partial charge on any atom is -0.383 e. The predicted octanol–water partition coefficient (Wildman–Crippen LogP) is 2.91. The Morgan fingerprint density at radius 3 is 2.71 bits per heavy atom. The molecule has 0 spiro atoms. The van der Waals surface area contributed by atoms with Crippen LogP contribution in [-0.2, 0) is 0 Å². The Labute approximate surface area is 105 Å². The van der Waals surface area contributed by atoms with Gasteiger partial charge in [0.25, 0.3) is 0 Å². The molecule has 3 N–H and O–H groups in total. The van der Waals surface area contributed by atoms with Gasteiger partial charge in [-0.05, 0) is 32.9 Å². The van der Waals surface area contributed by atoms with Crippen molar-refractivity contribution in [3.63, 3.8) is 0 Å². The van der Waals surface area contributed by atoms with E-state index in [9.17, 15) is 0 Å². The smallest absolute Gasteiger partial charge is 0.134 e. The lowest BCUT2D eigenvalue weighted by Crippen LogP contribution is -2.09. The molecule has 2 heterocycles. The molecule has 0 fully saturated rings. The fourth-order valence-corrected chi connectivity index (χ4v) is 2.45. The number of nitrogens with one attached hydrogen (secondary N) is 1. The van der Waals surface area contributed by atoms with Gasteiger partial charge in [-0.15, -0.1) is 11.3 Å². The van der Waals surface area contributed by atoms with Crippen molar-refractivity contribution < 1.29 is 0 Å². The first-order valence-electron chi connectivity index (χ1n) is 5.48. The highest BCUT2D eigenvalue weighted by molar-refractivity contribution is 7.12. The topological polar surface area (TPSA) is 63.8 Å². The summed E-state index contributed by atoms with van der Waals surface area (Å²) in [5.74, 6) is 1.33. The van der Waals surface area contributed by atoms with E-state index in [2.05, 4.69) is 41.3 Å². The van der Waals surface area contributed by atoms with Crippen LogP contribution in [0.2, 0.25) is 0 Å². The van der Waals surface area contributed by atoms with Crippen molar-refractivity contribution in [3.05, 3.63) is 33.8 Å². The molecule has 0 aliphatic rings. The van der Waals surface area contributed by atoms with Gasteiger partial charge in [0.2, 0.25) is 0 Å². The van der Waals surface area contributed by atoms with Crippen molar-refractivity contribution in [3.8, 4) is 0 Å². The first kappa shape index (κ1) is 11.9. The highest BCUT2D eigenvalue weighted by atomic mass is 32.1. The SMILES string of the molecule is Cc1ccc(C(C)Nc2ncnc(N)c2C)s1. The zero-order valence-electron chi connectivity index (χ0n) is 10.2. The average molecular weight is 248 g/mol. The van der Waals surface area contributed by atoms with Crippen LogP contribution in [0.5, 0.6) is 0 Å². The lowest BCUT2D eigenvalue weighted by molar-refractivity contribution is 0.889. The van der Waals surface area contributed by atoms with Crippen molar-refractivity contribution in [1.82, 2.24) is 9.97 Å². The van der Waals surface area contributed by atoms with E-state index in [-0.39, 0.29) is 6.04 Å². The van der Waals surface area contributed by atoms with Gasteiger partial charge in [0.1, 0.15) is 18.0 Å². The van der Waals surface area contributed by atoms with E-state index in [1.54, 1.807) is 11.3 Å². The van der Waals surface area contributed by atoms with E-state index in [0.29, 0.717) is 5.82 Å². The Morgan fingerprint density at radius 2 is 2.06 bits per heavy atom. The zero-order chi connectivity index (χ0) is 12.4. The molecular formula is C12H16N4S. The van der Waals surface area contributed by atoms with Gasteiger partial charge in [-0.3, -0.25) is 0 Å². The Morgan fingerprint density at radius 1 is 1.29 bits per heavy atom. The van der Waals surface area contributed by atoms with E-state index >= 15 is 0 Å². The number of thiophene rings is 1. The minimum absolute atomic E-state index is 0.224. The van der Waals surface area contributed by atoms with Crippen molar-refractivity contribution in [2.75, 3.05) is 11.1 Å². The summed E-state index contributed by atoms with van der Waals surface area (Å²) in [4.78, 5) is 10.8. The second-order valence-electron chi connectivity index (χ2n) is 4.05. The molecule has 2 aromatic heterocycles. The van der Waals surface area contributed by atoms with Gasteiger partial charge in [-0.1, -0.05) is 0 Å². The average Bonchev–Trinajstić information content (AvgIpc) is 2.72. The van der Waals surface area contributed by atoms with E-state index in [4.69, 9.17) is 5.73 Å². The molecule has 0 aromatic carbocycles. The van der Waals surface area contributed by atoms with Crippen LogP contribution in [-0.4, -0.2) is 9.97 Å². The summed E-state index contributed by atoms with van der Waals surface area (Å²) >= 11 is 1.79. The highest BCUT2D eigenvalue weighted by Crippen LogP contribution is 2.26. The summed E-state index contributed by atoms with van der Waals surface area (Å²) in [6.45, 7) is 6.14. The summed E-state index contributed by atoms with van der Waals surface area (Å²) in [6, 6.07) is 4.48. The molecule has 4 nitrogen and oxygen atoms in total. The molecular weight excluding hydrogens is 232 g/mol. The molecule has 90 valence electrons. The molecule has 0 saturated carbocycles. The van der Waals surface area contributed by atoms with Crippen LogP contribution >= 0.6 is 11.3 Å². The van der Waals surface area contributed by atoms with Crippen LogP contribution in [0.25, 0.3) is 0 Å². The minimum atomic E-state index is 0.224. The maximum atomic E-state index is 5.75. The number of aromatic nitrogens is 2. The number of hydrogen-bond acceptors (Lipinski definition) is 5. The fraction of sp³-hybridized carbons (Fsp3) is 0.333. The largest absolute Gasteiger partial charge is 0.383 e. The van der Waals surface area contributed by atoms with Crippen LogP contribution in [0.1, 0.15) is 28.3 Å². The molecule has 1 atom stereocenters. The molecule has 2 aromatic rings. The summed E-state index contributed by atoms with van der Waals surface area (Å²) in [6.07, 6.45) is 1.48. The number of nitrogen functional groups attached to an aromatic ring is 1. The molecule has 0 radical (unpaired) electrons. The van der Waals surface area contributed by atoms with Crippen LogP contribution in [0.15, 0.2) is 18.5 Å². The summed E-state index contributed by atoms with van der Waals surface area (Å²) < 4.78 is 0. The van der Waals surface area contributed by atoms with Gasteiger partial charge in [-0.2, -0.15) is 0 Å². The highest BCUT2D eigenvalue weighted by Gasteiger charge is 2.11. The molecule has 2 rings (SSSR count). The number of rotatable bonds is 3. The number of nitrogens with two attached hydrogens (primary N) is 1. The van der Waals surface area contributed by atoms with Gasteiger partial charge >= 0.3 is 0 Å². The van der Waals surface area contributed by atoms with E-state index < -0.39 is 0 Å². The lowest BCUT2D eigenvalue weighted by atomic mass is 10.2. The monoisotopic (exact) mass is 248 g/mol. The second kappa shape index (κ2) is 4.71. The third-order valence-electron chi connectivity index (χ3n) is 2.66. The van der Waals surface area contributed by atoms with E-state index in [1.165, 1.54) is 16.1 Å². The normalized spacial score (nSPS) is 12.4. The van der Waals surface area contributed by atoms with Crippen molar-refractivity contribution in [2.45, 2.75) is 26.8 Å². The molecule has 0 bridgehead atoms. The molecule has 0 amide bonds. The third-order valence-corrected chi connectivity index (χ3v) is 3.85. The molecule has 0 aliphatic heterocycles. The maximum Gasteiger partial charge on any atom is 0.134 e. The van der Waals surface area contributed by atoms with Crippen LogP contribution in [0.4, 0.5) is 11.6 Å². The van der Waals surface area contributed by atoms with Crippen LogP contribution < -0.4 is 11.1 Å². The fourth-order valence-electron chi connectivity index (χ4n) is 1.57. The lowest BCUT2D eigenvalue weighted by Gasteiger charge is -2.15. The van der Waals surface area contributed by atoms with Crippen molar-refractivity contribution >= 4 is 23.0 Å².